The van der Waals surface area contributed by atoms with Crippen molar-refractivity contribution in [1.82, 2.24) is 9.55 Å². The van der Waals surface area contributed by atoms with E-state index in [-0.39, 0.29) is 0 Å². The molecule has 0 amide bonds. The maximum atomic E-state index is 4.94. The van der Waals surface area contributed by atoms with Gasteiger partial charge >= 0.3 is 0 Å². The van der Waals surface area contributed by atoms with E-state index < -0.39 is 0 Å². The molecule has 2 heterocycles. The summed E-state index contributed by atoms with van der Waals surface area (Å²) in [5.74, 6) is 1.07. The lowest BCUT2D eigenvalue weighted by Crippen LogP contribution is -1.97. The fraction of sp³-hybridized carbons (Fsp3) is 0.0952. The minimum atomic E-state index is 0.914. The number of rotatable bonds is 2. The van der Waals surface area contributed by atoms with Crippen molar-refractivity contribution in [2.45, 2.75) is 13.5 Å². The molecule has 0 saturated carbocycles. The van der Waals surface area contributed by atoms with Crippen LogP contribution in [0.5, 0.6) is 0 Å². The van der Waals surface area contributed by atoms with Crippen LogP contribution in [0.15, 0.2) is 66.7 Å². The lowest BCUT2D eigenvalue weighted by molar-refractivity contribution is 0.797. The summed E-state index contributed by atoms with van der Waals surface area (Å²) in [4.78, 5) is 4.94. The van der Waals surface area contributed by atoms with Gasteiger partial charge in [0, 0.05) is 32.3 Å². The summed E-state index contributed by atoms with van der Waals surface area (Å²) in [6.45, 7) is 3.10. The number of benzene rings is 3. The molecule has 3 heteroatoms. The number of aryl methyl sites for hydroxylation is 1. The van der Waals surface area contributed by atoms with Gasteiger partial charge in [-0.15, -0.1) is 11.3 Å². The molecule has 2 aromatic heterocycles. The summed E-state index contributed by atoms with van der Waals surface area (Å²) in [5.41, 5.74) is 3.49. The smallest absolute Gasteiger partial charge is 0.142 e. The molecule has 0 radical (unpaired) electrons. The summed E-state index contributed by atoms with van der Waals surface area (Å²) in [6, 6.07) is 23.6. The van der Waals surface area contributed by atoms with Gasteiger partial charge in [0.1, 0.15) is 5.82 Å². The zero-order chi connectivity index (χ0) is 16.1. The molecule has 5 aromatic rings. The van der Waals surface area contributed by atoms with E-state index in [1.54, 1.807) is 0 Å². The highest BCUT2D eigenvalue weighted by Crippen LogP contribution is 2.40. The van der Waals surface area contributed by atoms with E-state index in [4.69, 9.17) is 4.98 Å². The third-order valence-corrected chi connectivity index (χ3v) is 5.84. The largest absolute Gasteiger partial charge is 0.324 e. The van der Waals surface area contributed by atoms with E-state index >= 15 is 0 Å². The Labute approximate surface area is 144 Å². The van der Waals surface area contributed by atoms with Crippen LogP contribution in [0.4, 0.5) is 0 Å². The number of hydrogen-bond donors (Lipinski definition) is 0. The predicted octanol–water partition coefficient (Wildman–Crippen LogP) is 6.09. The molecule has 0 saturated heterocycles. The molecule has 5 rings (SSSR count). The van der Waals surface area contributed by atoms with Crippen molar-refractivity contribution in [3.05, 3.63) is 66.7 Å². The number of thiophene rings is 1. The third kappa shape index (κ3) is 1.85. The van der Waals surface area contributed by atoms with Crippen LogP contribution in [0, 0.1) is 0 Å². The molecule has 0 unspecified atom stereocenters. The molecular weight excluding hydrogens is 312 g/mol. The van der Waals surface area contributed by atoms with Crippen molar-refractivity contribution >= 4 is 42.5 Å². The third-order valence-electron chi connectivity index (χ3n) is 4.62. The maximum Gasteiger partial charge on any atom is 0.142 e. The Morgan fingerprint density at radius 2 is 1.67 bits per heavy atom. The highest BCUT2D eigenvalue weighted by molar-refractivity contribution is 7.26. The molecule has 0 spiro atoms. The number of fused-ring (bicyclic) bond motifs is 4. The van der Waals surface area contributed by atoms with Crippen LogP contribution in [-0.2, 0) is 6.54 Å². The SMILES string of the molecule is CCn1c(-c2cccc3c2sc2ccccc23)nc2ccccc21. The van der Waals surface area contributed by atoms with E-state index in [0.29, 0.717) is 0 Å². The Morgan fingerprint density at radius 3 is 2.58 bits per heavy atom. The van der Waals surface area contributed by atoms with Gasteiger partial charge in [-0.3, -0.25) is 0 Å². The van der Waals surface area contributed by atoms with Crippen LogP contribution >= 0.6 is 11.3 Å². The van der Waals surface area contributed by atoms with Gasteiger partial charge in [0.05, 0.1) is 11.0 Å². The fourth-order valence-corrected chi connectivity index (χ4v) is 4.74. The van der Waals surface area contributed by atoms with Crippen molar-refractivity contribution in [3.63, 3.8) is 0 Å². The highest BCUT2D eigenvalue weighted by atomic mass is 32.1. The van der Waals surface area contributed by atoms with Crippen LogP contribution in [0.1, 0.15) is 6.92 Å². The molecule has 0 aliphatic heterocycles. The zero-order valence-corrected chi connectivity index (χ0v) is 14.2. The van der Waals surface area contributed by atoms with Crippen LogP contribution in [0.3, 0.4) is 0 Å². The second kappa shape index (κ2) is 5.18. The van der Waals surface area contributed by atoms with Gasteiger partial charge in [0.25, 0.3) is 0 Å². The lowest BCUT2D eigenvalue weighted by atomic mass is 10.1. The second-order valence-corrected chi connectivity index (χ2v) is 7.00. The first-order valence-electron chi connectivity index (χ1n) is 8.22. The van der Waals surface area contributed by atoms with Crippen molar-refractivity contribution in [3.8, 4) is 11.4 Å². The topological polar surface area (TPSA) is 17.8 Å². The Morgan fingerprint density at radius 1 is 0.875 bits per heavy atom. The standard InChI is InChI=1S/C21H16N2S/c1-2-23-18-12-5-4-11-17(18)22-21(23)16-10-7-9-15-14-8-3-6-13-19(14)24-20(15)16/h3-13H,2H2,1H3. The van der Waals surface area contributed by atoms with E-state index in [0.717, 1.165) is 17.9 Å². The van der Waals surface area contributed by atoms with Crippen LogP contribution in [0.25, 0.3) is 42.6 Å². The quantitative estimate of drug-likeness (QED) is 0.383. The molecule has 116 valence electrons. The number of para-hydroxylation sites is 2. The van der Waals surface area contributed by atoms with Crippen molar-refractivity contribution in [1.29, 1.82) is 0 Å². The molecule has 2 nitrogen and oxygen atoms in total. The summed E-state index contributed by atoms with van der Waals surface area (Å²) >= 11 is 1.86. The Kier molecular flexibility index (Phi) is 2.97. The van der Waals surface area contributed by atoms with Gasteiger partial charge in [0.2, 0.25) is 0 Å². The Bertz CT molecular complexity index is 1200. The monoisotopic (exact) mass is 328 g/mol. The number of aromatic nitrogens is 2. The molecule has 0 bridgehead atoms. The highest BCUT2D eigenvalue weighted by Gasteiger charge is 2.16. The maximum absolute atomic E-state index is 4.94. The molecule has 0 atom stereocenters. The second-order valence-electron chi connectivity index (χ2n) is 5.95. The Balaban J connectivity index is 1.90. The van der Waals surface area contributed by atoms with E-state index in [1.807, 2.05) is 11.3 Å². The molecule has 0 aliphatic carbocycles. The van der Waals surface area contributed by atoms with E-state index in [1.165, 1.54) is 31.3 Å². The van der Waals surface area contributed by atoms with E-state index in [9.17, 15) is 0 Å². The van der Waals surface area contributed by atoms with Crippen LogP contribution in [0.2, 0.25) is 0 Å². The Hall–Kier alpha value is -2.65. The van der Waals surface area contributed by atoms with E-state index in [2.05, 4.69) is 78.2 Å². The average Bonchev–Trinajstić information content (AvgIpc) is 3.19. The average molecular weight is 328 g/mol. The van der Waals surface area contributed by atoms with Gasteiger partial charge in [0.15, 0.2) is 0 Å². The molecule has 0 aliphatic rings. The summed E-state index contributed by atoms with van der Waals surface area (Å²) in [7, 11) is 0. The van der Waals surface area contributed by atoms with Crippen molar-refractivity contribution in [2.24, 2.45) is 0 Å². The fourth-order valence-electron chi connectivity index (χ4n) is 3.52. The number of imidazole rings is 1. The van der Waals surface area contributed by atoms with Gasteiger partial charge in [-0.2, -0.15) is 0 Å². The summed E-state index contributed by atoms with van der Waals surface area (Å²) in [6.07, 6.45) is 0. The molecule has 0 N–H and O–H groups in total. The van der Waals surface area contributed by atoms with Crippen LogP contribution in [-0.4, -0.2) is 9.55 Å². The van der Waals surface area contributed by atoms with Gasteiger partial charge < -0.3 is 4.57 Å². The number of hydrogen-bond acceptors (Lipinski definition) is 2. The summed E-state index contributed by atoms with van der Waals surface area (Å²) < 4.78 is 4.97. The molecule has 0 fully saturated rings. The summed E-state index contributed by atoms with van der Waals surface area (Å²) in [5, 5.41) is 2.65. The minimum Gasteiger partial charge on any atom is -0.324 e. The van der Waals surface area contributed by atoms with Gasteiger partial charge in [-0.25, -0.2) is 4.98 Å². The normalized spacial score (nSPS) is 11.7. The van der Waals surface area contributed by atoms with Crippen LogP contribution < -0.4 is 0 Å². The van der Waals surface area contributed by atoms with Gasteiger partial charge in [-0.05, 0) is 31.2 Å². The first-order chi connectivity index (χ1) is 11.9. The molecule has 3 aromatic carbocycles. The zero-order valence-electron chi connectivity index (χ0n) is 13.4. The predicted molar refractivity (Wildman–Crippen MR) is 104 cm³/mol. The minimum absolute atomic E-state index is 0.914. The molecule has 24 heavy (non-hydrogen) atoms. The van der Waals surface area contributed by atoms with Gasteiger partial charge in [-0.1, -0.05) is 42.5 Å². The molecular formula is C21H16N2S. The lowest BCUT2D eigenvalue weighted by Gasteiger charge is -2.07. The van der Waals surface area contributed by atoms with Crippen molar-refractivity contribution < 1.29 is 0 Å². The first-order valence-corrected chi connectivity index (χ1v) is 9.04. The first kappa shape index (κ1) is 13.8. The van der Waals surface area contributed by atoms with Crippen molar-refractivity contribution in [2.75, 3.05) is 0 Å². The number of nitrogens with zero attached hydrogens (tertiary/aromatic N) is 2.